The average molecular weight is 1240 g/mol. The van der Waals surface area contributed by atoms with E-state index in [1.54, 1.807) is 0 Å². The number of nitrogens with zero attached hydrogens (tertiary/aromatic N) is 2. The van der Waals surface area contributed by atoms with Crippen LogP contribution in [0.2, 0.25) is 0 Å². The summed E-state index contributed by atoms with van der Waals surface area (Å²) in [5.74, 6) is -106. The molecule has 0 N–H and O–H groups in total. The molecule has 0 heterocycles. The first-order chi connectivity index (χ1) is 32.6. The van der Waals surface area contributed by atoms with Gasteiger partial charge < -0.3 is 14.2 Å². The van der Waals surface area contributed by atoms with Gasteiger partial charge in [-0.2, -0.15) is 158 Å². The maximum atomic E-state index is 14.7. The maximum Gasteiger partial charge on any atom is 0.460 e. The van der Waals surface area contributed by atoms with E-state index in [4.69, 9.17) is 0 Å². The van der Waals surface area contributed by atoms with Crippen LogP contribution in [0, 0.1) is 0 Å². The SMILES string of the molecule is CCCN(CCOCCOCCOCCN(CCC)S(=O)(=O)C(F)(F)C(F)(F)C(F)(F)C(F)(F)C(F)(F)C(F)(F)C(F)(F)C(F)(F)F)S(=O)(=O)C(F)(F)C(F)(F)C(F)(F)C(F)(F)C(F)(F)C(F)(F)C(F)(F)C(F)(F)F. The van der Waals surface area contributed by atoms with Crippen molar-refractivity contribution in [2.24, 2.45) is 0 Å². The van der Waals surface area contributed by atoms with Crippen molar-refractivity contribution < 1.29 is 180 Å². The fourth-order valence-electron chi connectivity index (χ4n) is 5.02. The van der Waals surface area contributed by atoms with Gasteiger partial charge in [-0.25, -0.2) is 16.8 Å². The molecule has 0 saturated heterocycles. The second-order valence-electron chi connectivity index (χ2n) is 14.6. The van der Waals surface area contributed by atoms with Crippen LogP contribution in [-0.4, -0.2) is 185 Å². The molecular formula is C30H30F34N2O7S2. The molecule has 0 atom stereocenters. The summed E-state index contributed by atoms with van der Waals surface area (Å²) in [5.41, 5.74) is 0. The number of alkyl halides is 34. The van der Waals surface area contributed by atoms with Gasteiger partial charge in [-0.15, -0.1) is 0 Å². The predicted molar refractivity (Wildman–Crippen MR) is 175 cm³/mol. The van der Waals surface area contributed by atoms with E-state index in [9.17, 15) is 166 Å². The third-order valence-corrected chi connectivity index (χ3v) is 13.3. The molecule has 0 aromatic rings. The summed E-state index contributed by atoms with van der Waals surface area (Å²) in [7, 11) is -15.4. The molecule has 45 heteroatoms. The molecule has 75 heavy (non-hydrogen) atoms. The van der Waals surface area contributed by atoms with E-state index in [0.717, 1.165) is 13.8 Å². The summed E-state index contributed by atoms with van der Waals surface area (Å²) in [4.78, 5) is 0. The van der Waals surface area contributed by atoms with E-state index >= 15 is 0 Å². The summed E-state index contributed by atoms with van der Waals surface area (Å²) >= 11 is 0. The minimum absolute atomic E-state index is 0.771. The summed E-state index contributed by atoms with van der Waals surface area (Å²) in [5, 5.41) is -15.8. The Morgan fingerprint density at radius 2 is 0.440 bits per heavy atom. The quantitative estimate of drug-likeness (QED) is 0.0488. The Kier molecular flexibility index (Phi) is 21.3. The van der Waals surface area contributed by atoms with Crippen LogP contribution in [0.5, 0.6) is 0 Å². The highest BCUT2D eigenvalue weighted by Crippen LogP contribution is 2.66. The minimum Gasteiger partial charge on any atom is -0.378 e. The van der Waals surface area contributed by atoms with E-state index in [-0.39, 0.29) is 0 Å². The van der Waals surface area contributed by atoms with Crippen molar-refractivity contribution in [1.82, 2.24) is 8.61 Å². The van der Waals surface area contributed by atoms with Gasteiger partial charge in [0, 0.05) is 26.2 Å². The first kappa shape index (κ1) is 72.3. The highest BCUT2D eigenvalue weighted by molar-refractivity contribution is 7.90. The van der Waals surface area contributed by atoms with Gasteiger partial charge >= 0.3 is 93.9 Å². The lowest BCUT2D eigenvalue weighted by atomic mass is 9.91. The molecule has 452 valence electrons. The molecule has 0 aliphatic rings. The number of hydrogen-bond donors (Lipinski definition) is 0. The molecule has 0 amide bonds. The van der Waals surface area contributed by atoms with Gasteiger partial charge in [-0.3, -0.25) is 0 Å². The van der Waals surface area contributed by atoms with Crippen LogP contribution >= 0.6 is 0 Å². The zero-order valence-corrected chi connectivity index (χ0v) is 37.5. The fourth-order valence-corrected chi connectivity index (χ4v) is 8.05. The van der Waals surface area contributed by atoms with E-state index in [1.807, 2.05) is 0 Å². The zero-order chi connectivity index (χ0) is 60.8. The van der Waals surface area contributed by atoms with Crippen LogP contribution in [0.25, 0.3) is 0 Å². The zero-order valence-electron chi connectivity index (χ0n) is 35.9. The molecule has 0 rings (SSSR count). The monoisotopic (exact) mass is 1240 g/mol. The van der Waals surface area contributed by atoms with Gasteiger partial charge in [-0.1, -0.05) is 13.8 Å². The van der Waals surface area contributed by atoms with Crippen LogP contribution in [-0.2, 0) is 34.3 Å². The van der Waals surface area contributed by atoms with Crippen molar-refractivity contribution >= 4 is 20.0 Å². The standard InChI is InChI=1S/C30H30F34N2O7S2/c1-3-5-65(74(67,68)29(61,62)25(51,52)21(43,44)17(35,36)15(31,32)19(39,40)23(47,48)27(55,56)57)7-9-71-11-13-73-14-12-72-10-8-66(6-4-2)75(69,70)30(63,64)26(53,54)22(45,46)18(37,38)16(33,34)20(41,42)24(49,50)28(58,59)60/h3-14H2,1-2H3. The molecule has 0 aromatic heterocycles. The van der Waals surface area contributed by atoms with Crippen LogP contribution < -0.4 is 0 Å². The lowest BCUT2D eigenvalue weighted by Gasteiger charge is -2.43. The molecular weight excluding hydrogens is 1210 g/mol. The Bertz CT molecular complexity index is 1970. The third-order valence-electron chi connectivity index (χ3n) is 9.37. The summed E-state index contributed by atoms with van der Waals surface area (Å²) < 4.78 is 525. The number of halogens is 34. The Balaban J connectivity index is 5.94. The highest BCUT2D eigenvalue weighted by atomic mass is 32.2. The van der Waals surface area contributed by atoms with Gasteiger partial charge in [0.25, 0.3) is 20.0 Å². The first-order valence-electron chi connectivity index (χ1n) is 18.8. The largest absolute Gasteiger partial charge is 0.460 e. The van der Waals surface area contributed by atoms with Gasteiger partial charge in [-0.05, 0) is 12.8 Å². The minimum atomic E-state index is -9.10. The fraction of sp³-hybridized carbons (Fsp3) is 1.00. The molecule has 0 radical (unpaired) electrons. The van der Waals surface area contributed by atoms with Gasteiger partial charge in [0.15, 0.2) is 0 Å². The van der Waals surface area contributed by atoms with E-state index in [0.29, 0.717) is 0 Å². The molecule has 0 fully saturated rings. The normalized spacial score (nSPS) is 16.2. The van der Waals surface area contributed by atoms with Crippen molar-refractivity contribution in [2.75, 3.05) is 65.8 Å². The molecule has 0 unspecified atom stereocenters. The van der Waals surface area contributed by atoms with Crippen LogP contribution in [0.1, 0.15) is 26.7 Å². The van der Waals surface area contributed by atoms with Crippen molar-refractivity contribution in [3.8, 4) is 0 Å². The molecule has 0 aliphatic carbocycles. The van der Waals surface area contributed by atoms with Crippen LogP contribution in [0.4, 0.5) is 149 Å². The van der Waals surface area contributed by atoms with Crippen molar-refractivity contribution in [3.63, 3.8) is 0 Å². The highest BCUT2D eigenvalue weighted by Gasteiger charge is 2.98. The number of ether oxygens (including phenoxy) is 3. The molecule has 0 bridgehead atoms. The van der Waals surface area contributed by atoms with Crippen molar-refractivity contribution in [2.45, 2.75) is 121 Å². The van der Waals surface area contributed by atoms with Gasteiger partial charge in [0.1, 0.15) is 0 Å². The van der Waals surface area contributed by atoms with Crippen molar-refractivity contribution in [1.29, 1.82) is 0 Å². The average Bonchev–Trinajstić information content (AvgIpc) is 3.22. The molecule has 0 aromatic carbocycles. The lowest BCUT2D eigenvalue weighted by Crippen LogP contribution is -2.75. The van der Waals surface area contributed by atoms with E-state index in [2.05, 4.69) is 14.2 Å². The Hall–Kier alpha value is -2.68. The second-order valence-corrected chi connectivity index (χ2v) is 18.5. The number of hydrogen-bond acceptors (Lipinski definition) is 7. The predicted octanol–water partition coefficient (Wildman–Crippen LogP) is 11.1. The topological polar surface area (TPSA) is 102 Å². The summed E-state index contributed by atoms with van der Waals surface area (Å²) in [6.45, 7) is -11.7. The summed E-state index contributed by atoms with van der Waals surface area (Å²) in [6, 6.07) is 0. The Labute approximate surface area is 395 Å². The van der Waals surface area contributed by atoms with E-state index < -0.39 is 201 Å². The smallest absolute Gasteiger partial charge is 0.378 e. The first-order valence-corrected chi connectivity index (χ1v) is 21.7. The Morgan fingerprint density at radius 3 is 0.627 bits per heavy atom. The molecule has 0 aliphatic heterocycles. The van der Waals surface area contributed by atoms with Crippen molar-refractivity contribution in [3.05, 3.63) is 0 Å². The molecule has 9 nitrogen and oxygen atoms in total. The summed E-state index contributed by atoms with van der Waals surface area (Å²) in [6.07, 6.45) is -17.8. The number of rotatable bonds is 32. The van der Waals surface area contributed by atoms with Crippen LogP contribution in [0.15, 0.2) is 0 Å². The third kappa shape index (κ3) is 11.4. The molecule has 0 spiro atoms. The van der Waals surface area contributed by atoms with Crippen LogP contribution in [0.3, 0.4) is 0 Å². The molecule has 0 saturated carbocycles. The van der Waals surface area contributed by atoms with Gasteiger partial charge in [0.05, 0.1) is 39.6 Å². The Morgan fingerprint density at radius 1 is 0.267 bits per heavy atom. The lowest BCUT2D eigenvalue weighted by molar-refractivity contribution is -0.458. The number of sulfonamides is 2. The van der Waals surface area contributed by atoms with Gasteiger partial charge in [0.2, 0.25) is 0 Å². The second kappa shape index (κ2) is 22.1. The van der Waals surface area contributed by atoms with E-state index in [1.165, 1.54) is 0 Å². The maximum absolute atomic E-state index is 14.7.